The summed E-state index contributed by atoms with van der Waals surface area (Å²) < 4.78 is 10.1. The number of hydrogen-bond acceptors (Lipinski definition) is 5. The SMILES string of the molecule is COCc1nc(C(=O)Oc2c(Cl)cccc2Cl)cs1. The van der Waals surface area contributed by atoms with Crippen LogP contribution in [0.1, 0.15) is 15.5 Å². The topological polar surface area (TPSA) is 48.4 Å². The van der Waals surface area contributed by atoms with Gasteiger partial charge in [-0.05, 0) is 12.1 Å². The van der Waals surface area contributed by atoms with Crippen LogP contribution in [0.3, 0.4) is 0 Å². The number of nitrogens with zero attached hydrogens (tertiary/aromatic N) is 1. The van der Waals surface area contributed by atoms with E-state index in [4.69, 9.17) is 32.7 Å². The van der Waals surface area contributed by atoms with Crippen LogP contribution in [0.25, 0.3) is 0 Å². The number of aromatic nitrogens is 1. The highest BCUT2D eigenvalue weighted by molar-refractivity contribution is 7.09. The Kier molecular flexibility index (Phi) is 4.76. The van der Waals surface area contributed by atoms with Crippen molar-refractivity contribution in [2.24, 2.45) is 0 Å². The van der Waals surface area contributed by atoms with E-state index in [9.17, 15) is 4.79 Å². The van der Waals surface area contributed by atoms with Crippen LogP contribution < -0.4 is 4.74 Å². The molecule has 1 aromatic heterocycles. The third kappa shape index (κ3) is 3.45. The highest BCUT2D eigenvalue weighted by Crippen LogP contribution is 2.32. The smallest absolute Gasteiger partial charge is 0.363 e. The number of para-hydroxylation sites is 1. The summed E-state index contributed by atoms with van der Waals surface area (Å²) >= 11 is 13.2. The van der Waals surface area contributed by atoms with Crippen LogP contribution in [0.15, 0.2) is 23.6 Å². The van der Waals surface area contributed by atoms with E-state index in [0.29, 0.717) is 11.6 Å². The van der Waals surface area contributed by atoms with Crippen LogP contribution in [-0.2, 0) is 11.3 Å². The van der Waals surface area contributed by atoms with Gasteiger partial charge in [-0.25, -0.2) is 9.78 Å². The number of ether oxygens (including phenoxy) is 2. The van der Waals surface area contributed by atoms with Crippen molar-refractivity contribution in [3.63, 3.8) is 0 Å². The Labute approximate surface area is 123 Å². The van der Waals surface area contributed by atoms with Gasteiger partial charge < -0.3 is 9.47 Å². The van der Waals surface area contributed by atoms with Crippen LogP contribution in [0.4, 0.5) is 0 Å². The summed E-state index contributed by atoms with van der Waals surface area (Å²) in [4.78, 5) is 16.0. The maximum Gasteiger partial charge on any atom is 0.363 e. The largest absolute Gasteiger partial charge is 0.419 e. The summed E-state index contributed by atoms with van der Waals surface area (Å²) in [5.74, 6) is -0.467. The molecule has 19 heavy (non-hydrogen) atoms. The Balaban J connectivity index is 2.16. The fourth-order valence-corrected chi connectivity index (χ4v) is 2.53. The standard InChI is InChI=1S/C12H9Cl2NO3S/c1-17-5-10-15-9(6-19-10)12(16)18-11-7(13)3-2-4-8(11)14/h2-4,6H,5H2,1H3. The van der Waals surface area contributed by atoms with Crippen LogP contribution in [0, 0.1) is 0 Å². The van der Waals surface area contributed by atoms with Crippen molar-refractivity contribution in [2.45, 2.75) is 6.61 Å². The van der Waals surface area contributed by atoms with Crippen molar-refractivity contribution in [3.05, 3.63) is 44.3 Å². The third-order valence-corrected chi connectivity index (χ3v) is 3.56. The summed E-state index contributed by atoms with van der Waals surface area (Å²) in [7, 11) is 1.56. The Morgan fingerprint density at radius 2 is 2.05 bits per heavy atom. The highest BCUT2D eigenvalue weighted by atomic mass is 35.5. The number of benzene rings is 1. The second-order valence-corrected chi connectivity index (χ2v) is 5.26. The minimum atomic E-state index is -0.603. The second kappa shape index (κ2) is 6.34. The molecule has 0 N–H and O–H groups in total. The lowest BCUT2D eigenvalue weighted by Crippen LogP contribution is -2.09. The minimum absolute atomic E-state index is 0.136. The minimum Gasteiger partial charge on any atom is -0.419 e. The molecule has 100 valence electrons. The number of thiazole rings is 1. The molecular formula is C12H9Cl2NO3S. The van der Waals surface area contributed by atoms with E-state index < -0.39 is 5.97 Å². The summed E-state index contributed by atoms with van der Waals surface area (Å²) in [6, 6.07) is 4.85. The fraction of sp³-hybridized carbons (Fsp3) is 0.167. The van der Waals surface area contributed by atoms with E-state index in [1.54, 1.807) is 30.7 Å². The van der Waals surface area contributed by atoms with Crippen molar-refractivity contribution < 1.29 is 14.3 Å². The van der Waals surface area contributed by atoms with Gasteiger partial charge in [0.2, 0.25) is 0 Å². The van der Waals surface area contributed by atoms with Crippen molar-refractivity contribution in [1.29, 1.82) is 0 Å². The molecule has 0 radical (unpaired) electrons. The van der Waals surface area contributed by atoms with Gasteiger partial charge >= 0.3 is 5.97 Å². The van der Waals surface area contributed by atoms with Gasteiger partial charge in [-0.2, -0.15) is 0 Å². The number of carbonyl (C=O) groups is 1. The van der Waals surface area contributed by atoms with Gasteiger partial charge in [-0.15, -0.1) is 11.3 Å². The average molecular weight is 318 g/mol. The molecule has 0 spiro atoms. The Morgan fingerprint density at radius 1 is 1.37 bits per heavy atom. The van der Waals surface area contributed by atoms with E-state index >= 15 is 0 Å². The normalized spacial score (nSPS) is 10.5. The van der Waals surface area contributed by atoms with Crippen molar-refractivity contribution in [3.8, 4) is 5.75 Å². The Bertz CT molecular complexity index is 580. The number of hydrogen-bond donors (Lipinski definition) is 0. The number of methoxy groups -OCH3 is 1. The number of rotatable bonds is 4. The van der Waals surface area contributed by atoms with E-state index in [0.717, 1.165) is 0 Å². The maximum atomic E-state index is 11.9. The average Bonchev–Trinajstić information content (AvgIpc) is 2.83. The summed E-state index contributed by atoms with van der Waals surface area (Å²) in [5, 5.41) is 2.84. The predicted molar refractivity (Wildman–Crippen MR) is 74.2 cm³/mol. The van der Waals surface area contributed by atoms with Gasteiger partial charge in [0, 0.05) is 12.5 Å². The fourth-order valence-electron chi connectivity index (χ4n) is 1.32. The lowest BCUT2D eigenvalue weighted by Gasteiger charge is -2.06. The molecule has 0 unspecified atom stereocenters. The summed E-state index contributed by atoms with van der Waals surface area (Å²) in [5.41, 5.74) is 0.202. The molecule has 0 saturated heterocycles. The quantitative estimate of drug-likeness (QED) is 0.635. The van der Waals surface area contributed by atoms with Gasteiger partial charge in [-0.3, -0.25) is 0 Å². The zero-order valence-electron chi connectivity index (χ0n) is 9.85. The van der Waals surface area contributed by atoms with Crippen LogP contribution >= 0.6 is 34.5 Å². The van der Waals surface area contributed by atoms with Crippen LogP contribution in [0.2, 0.25) is 10.0 Å². The third-order valence-electron chi connectivity index (χ3n) is 2.14. The first-order valence-corrected chi connectivity index (χ1v) is 6.85. The van der Waals surface area contributed by atoms with Gasteiger partial charge in [0.25, 0.3) is 0 Å². The monoisotopic (exact) mass is 317 g/mol. The van der Waals surface area contributed by atoms with E-state index in [1.807, 2.05) is 0 Å². The van der Waals surface area contributed by atoms with Crippen molar-refractivity contribution in [1.82, 2.24) is 4.98 Å². The van der Waals surface area contributed by atoms with Crippen LogP contribution in [-0.4, -0.2) is 18.1 Å². The number of halogens is 2. The van der Waals surface area contributed by atoms with Crippen molar-refractivity contribution in [2.75, 3.05) is 7.11 Å². The van der Waals surface area contributed by atoms with Gasteiger partial charge in [0.05, 0.1) is 16.7 Å². The first-order chi connectivity index (χ1) is 9.11. The zero-order chi connectivity index (χ0) is 13.8. The molecule has 0 fully saturated rings. The molecule has 0 atom stereocenters. The van der Waals surface area contributed by atoms with E-state index in [-0.39, 0.29) is 21.5 Å². The lowest BCUT2D eigenvalue weighted by atomic mass is 10.3. The van der Waals surface area contributed by atoms with Gasteiger partial charge in [-0.1, -0.05) is 29.3 Å². The molecule has 1 heterocycles. The molecule has 0 aliphatic rings. The first kappa shape index (κ1) is 14.3. The highest BCUT2D eigenvalue weighted by Gasteiger charge is 2.16. The molecule has 2 rings (SSSR count). The van der Waals surface area contributed by atoms with E-state index in [2.05, 4.69) is 4.98 Å². The summed E-state index contributed by atoms with van der Waals surface area (Å²) in [6.45, 7) is 0.352. The molecule has 0 bridgehead atoms. The van der Waals surface area contributed by atoms with Gasteiger partial charge in [0.1, 0.15) is 5.01 Å². The first-order valence-electron chi connectivity index (χ1n) is 5.21. The number of carbonyl (C=O) groups excluding carboxylic acids is 1. The van der Waals surface area contributed by atoms with E-state index in [1.165, 1.54) is 11.3 Å². The molecule has 7 heteroatoms. The number of esters is 1. The molecular weight excluding hydrogens is 309 g/mol. The molecule has 0 saturated carbocycles. The van der Waals surface area contributed by atoms with Crippen molar-refractivity contribution >= 4 is 40.5 Å². The molecule has 4 nitrogen and oxygen atoms in total. The lowest BCUT2D eigenvalue weighted by molar-refractivity contribution is 0.0729. The maximum absolute atomic E-state index is 11.9. The zero-order valence-corrected chi connectivity index (χ0v) is 12.2. The van der Waals surface area contributed by atoms with Gasteiger partial charge in [0.15, 0.2) is 11.4 Å². The van der Waals surface area contributed by atoms with Crippen LogP contribution in [0.5, 0.6) is 5.75 Å². The molecule has 2 aromatic rings. The molecule has 0 aliphatic heterocycles. The molecule has 0 aliphatic carbocycles. The second-order valence-electron chi connectivity index (χ2n) is 3.50. The summed E-state index contributed by atoms with van der Waals surface area (Å²) in [6.07, 6.45) is 0. The Hall–Kier alpha value is -1.14. The molecule has 0 amide bonds. The Morgan fingerprint density at radius 3 is 2.68 bits per heavy atom. The molecule has 1 aromatic carbocycles. The predicted octanol–water partition coefficient (Wildman–Crippen LogP) is 3.82.